The lowest BCUT2D eigenvalue weighted by Crippen LogP contribution is -2.45. The van der Waals surface area contributed by atoms with Gasteiger partial charge in [-0.2, -0.15) is 11.3 Å². The summed E-state index contributed by atoms with van der Waals surface area (Å²) in [6, 6.07) is 6.78. The first-order chi connectivity index (χ1) is 11.4. The van der Waals surface area contributed by atoms with Gasteiger partial charge in [0.1, 0.15) is 5.01 Å². The molecule has 1 atom stereocenters. The fraction of sp³-hybridized carbons (Fsp3) is 0.294. The lowest BCUT2D eigenvalue weighted by molar-refractivity contribution is 0.155. The summed E-state index contributed by atoms with van der Waals surface area (Å²) in [5.41, 5.74) is 2.56. The molecule has 1 N–H and O–H groups in total. The van der Waals surface area contributed by atoms with E-state index >= 15 is 0 Å². The van der Waals surface area contributed by atoms with E-state index in [-0.39, 0.29) is 0 Å². The Morgan fingerprint density at radius 1 is 1.26 bits per heavy atom. The van der Waals surface area contributed by atoms with Crippen molar-refractivity contribution in [2.24, 2.45) is 0 Å². The molecule has 4 heterocycles. The first-order valence-corrected chi connectivity index (χ1v) is 9.48. The standard InChI is InChI=1S/C17H18N4S2/c1-4-18-5-2-13(1)16-10-19-6-7-21(16)11-15-9-20-17(23-15)14-3-8-22-12-14/h1-5,8-9,12,16,19H,6-7,10-11H2. The van der Waals surface area contributed by atoms with Gasteiger partial charge in [-0.3, -0.25) is 9.88 Å². The number of thiazole rings is 1. The maximum atomic E-state index is 4.59. The van der Waals surface area contributed by atoms with E-state index in [0.717, 1.165) is 31.2 Å². The van der Waals surface area contributed by atoms with Gasteiger partial charge in [0.2, 0.25) is 0 Å². The number of thiophene rings is 1. The molecule has 3 aromatic rings. The van der Waals surface area contributed by atoms with Gasteiger partial charge in [-0.05, 0) is 29.1 Å². The Balaban J connectivity index is 1.52. The molecule has 0 aliphatic carbocycles. The van der Waals surface area contributed by atoms with Crippen molar-refractivity contribution in [3.63, 3.8) is 0 Å². The van der Waals surface area contributed by atoms with E-state index in [4.69, 9.17) is 0 Å². The van der Waals surface area contributed by atoms with E-state index in [9.17, 15) is 0 Å². The lowest BCUT2D eigenvalue weighted by Gasteiger charge is -2.36. The number of pyridine rings is 1. The van der Waals surface area contributed by atoms with Gasteiger partial charge in [0, 0.05) is 66.6 Å². The van der Waals surface area contributed by atoms with Crippen molar-refractivity contribution < 1.29 is 0 Å². The van der Waals surface area contributed by atoms with Crippen LogP contribution in [0, 0.1) is 0 Å². The zero-order valence-corrected chi connectivity index (χ0v) is 14.3. The Bertz CT molecular complexity index is 739. The number of hydrogen-bond acceptors (Lipinski definition) is 6. The topological polar surface area (TPSA) is 41.0 Å². The van der Waals surface area contributed by atoms with E-state index in [2.05, 4.69) is 49.1 Å². The predicted octanol–water partition coefficient (Wildman–Crippen LogP) is 3.41. The molecule has 0 aromatic carbocycles. The molecule has 3 aromatic heterocycles. The van der Waals surface area contributed by atoms with Gasteiger partial charge in [0.15, 0.2) is 0 Å². The molecule has 0 amide bonds. The van der Waals surface area contributed by atoms with E-state index in [0.29, 0.717) is 6.04 Å². The largest absolute Gasteiger partial charge is 0.314 e. The number of rotatable bonds is 4. The molecule has 4 rings (SSSR count). The van der Waals surface area contributed by atoms with Crippen molar-refractivity contribution in [1.82, 2.24) is 20.2 Å². The van der Waals surface area contributed by atoms with Crippen LogP contribution < -0.4 is 5.32 Å². The van der Waals surface area contributed by atoms with Gasteiger partial charge >= 0.3 is 0 Å². The molecule has 1 aliphatic rings. The van der Waals surface area contributed by atoms with Crippen LogP contribution >= 0.6 is 22.7 Å². The van der Waals surface area contributed by atoms with Gasteiger partial charge in [-0.1, -0.05) is 0 Å². The molecule has 1 fully saturated rings. The highest BCUT2D eigenvalue weighted by atomic mass is 32.1. The highest BCUT2D eigenvalue weighted by molar-refractivity contribution is 7.15. The third-order valence-corrected chi connectivity index (χ3v) is 5.84. The molecule has 6 heteroatoms. The minimum Gasteiger partial charge on any atom is -0.314 e. The number of piperazine rings is 1. The fourth-order valence-corrected chi connectivity index (χ4v) is 4.60. The number of nitrogens with zero attached hydrogens (tertiary/aromatic N) is 3. The van der Waals surface area contributed by atoms with Crippen LogP contribution in [-0.2, 0) is 6.54 Å². The highest BCUT2D eigenvalue weighted by Gasteiger charge is 2.24. The molecule has 0 spiro atoms. The first kappa shape index (κ1) is 15.0. The lowest BCUT2D eigenvalue weighted by atomic mass is 10.0. The Hall–Kier alpha value is -1.60. The molecule has 118 valence electrons. The molecule has 1 aliphatic heterocycles. The van der Waals surface area contributed by atoms with Crippen LogP contribution in [0.15, 0.2) is 47.5 Å². The maximum Gasteiger partial charge on any atom is 0.124 e. The zero-order chi connectivity index (χ0) is 15.5. The smallest absolute Gasteiger partial charge is 0.124 e. The van der Waals surface area contributed by atoms with E-state index in [1.54, 1.807) is 22.7 Å². The summed E-state index contributed by atoms with van der Waals surface area (Å²) < 4.78 is 0. The third kappa shape index (κ3) is 3.35. The molecule has 0 radical (unpaired) electrons. The first-order valence-electron chi connectivity index (χ1n) is 7.72. The van der Waals surface area contributed by atoms with Crippen molar-refractivity contribution in [2.75, 3.05) is 19.6 Å². The van der Waals surface area contributed by atoms with Crippen LogP contribution in [0.5, 0.6) is 0 Å². The Labute approximate surface area is 143 Å². The van der Waals surface area contributed by atoms with Crippen molar-refractivity contribution in [3.05, 3.63) is 58.0 Å². The second kappa shape index (κ2) is 6.88. The minimum absolute atomic E-state index is 0.401. The van der Waals surface area contributed by atoms with Crippen LogP contribution in [0.2, 0.25) is 0 Å². The quantitative estimate of drug-likeness (QED) is 0.789. The molecular formula is C17H18N4S2. The fourth-order valence-electron chi connectivity index (χ4n) is 2.95. The third-order valence-electron chi connectivity index (χ3n) is 4.13. The molecule has 4 nitrogen and oxygen atoms in total. The summed E-state index contributed by atoms with van der Waals surface area (Å²) in [4.78, 5) is 12.6. The van der Waals surface area contributed by atoms with Gasteiger partial charge in [0.05, 0.1) is 0 Å². The molecular weight excluding hydrogens is 324 g/mol. The minimum atomic E-state index is 0.401. The number of nitrogens with one attached hydrogen (secondary N) is 1. The van der Waals surface area contributed by atoms with E-state index < -0.39 is 0 Å². The maximum absolute atomic E-state index is 4.59. The molecule has 0 saturated carbocycles. The Morgan fingerprint density at radius 3 is 3.00 bits per heavy atom. The van der Waals surface area contributed by atoms with Crippen LogP contribution in [0.25, 0.3) is 10.6 Å². The Kier molecular flexibility index (Phi) is 4.48. The number of hydrogen-bond donors (Lipinski definition) is 1. The van der Waals surface area contributed by atoms with Crippen molar-refractivity contribution in [2.45, 2.75) is 12.6 Å². The number of aromatic nitrogens is 2. The summed E-state index contributed by atoms with van der Waals surface area (Å²) in [5.74, 6) is 0. The average Bonchev–Trinajstić information content (AvgIpc) is 3.27. The van der Waals surface area contributed by atoms with E-state index in [1.165, 1.54) is 16.0 Å². The zero-order valence-electron chi connectivity index (χ0n) is 12.7. The van der Waals surface area contributed by atoms with Crippen molar-refractivity contribution in [1.29, 1.82) is 0 Å². The van der Waals surface area contributed by atoms with Gasteiger partial charge in [0.25, 0.3) is 0 Å². The van der Waals surface area contributed by atoms with Crippen molar-refractivity contribution in [3.8, 4) is 10.6 Å². The van der Waals surface area contributed by atoms with Gasteiger partial charge in [-0.15, -0.1) is 11.3 Å². The predicted molar refractivity (Wildman–Crippen MR) is 95.7 cm³/mol. The summed E-state index contributed by atoms with van der Waals surface area (Å²) in [5, 5.41) is 8.89. The van der Waals surface area contributed by atoms with E-state index in [1.807, 2.05) is 18.6 Å². The van der Waals surface area contributed by atoms with Gasteiger partial charge < -0.3 is 5.32 Å². The highest BCUT2D eigenvalue weighted by Crippen LogP contribution is 2.30. The normalized spacial score (nSPS) is 19.0. The van der Waals surface area contributed by atoms with Crippen LogP contribution in [-0.4, -0.2) is 34.5 Å². The molecule has 1 saturated heterocycles. The van der Waals surface area contributed by atoms with Crippen LogP contribution in [0.3, 0.4) is 0 Å². The summed E-state index contributed by atoms with van der Waals surface area (Å²) in [6.07, 6.45) is 5.79. The SMILES string of the molecule is c1cc(C2CNCCN2Cc2cnc(-c3ccsc3)s2)ccn1. The second-order valence-electron chi connectivity index (χ2n) is 5.61. The second-order valence-corrected chi connectivity index (χ2v) is 7.51. The van der Waals surface area contributed by atoms with Crippen molar-refractivity contribution >= 4 is 22.7 Å². The van der Waals surface area contributed by atoms with Gasteiger partial charge in [-0.25, -0.2) is 4.98 Å². The molecule has 23 heavy (non-hydrogen) atoms. The molecule has 0 bridgehead atoms. The summed E-state index contributed by atoms with van der Waals surface area (Å²) >= 11 is 3.52. The van der Waals surface area contributed by atoms with Crippen LogP contribution in [0.1, 0.15) is 16.5 Å². The summed E-state index contributed by atoms with van der Waals surface area (Å²) in [7, 11) is 0. The molecule has 1 unspecified atom stereocenters. The monoisotopic (exact) mass is 342 g/mol. The average molecular weight is 342 g/mol. The summed E-state index contributed by atoms with van der Waals surface area (Å²) in [6.45, 7) is 4.03. The van der Waals surface area contributed by atoms with Crippen LogP contribution in [0.4, 0.5) is 0 Å². The Morgan fingerprint density at radius 2 is 2.17 bits per heavy atom.